The maximum atomic E-state index is 13.3. The number of hydrogen-bond donors (Lipinski definition) is 0. The summed E-state index contributed by atoms with van der Waals surface area (Å²) < 4.78 is 2.25. The van der Waals surface area contributed by atoms with Crippen LogP contribution in [0.4, 0.5) is 5.82 Å². The Labute approximate surface area is 229 Å². The number of thiocarbonyl (C=S) groups is 1. The van der Waals surface area contributed by atoms with Crippen LogP contribution in [0.3, 0.4) is 0 Å². The lowest BCUT2D eigenvalue weighted by Crippen LogP contribution is -2.39. The lowest BCUT2D eigenvalue weighted by Gasteiger charge is -2.36. The molecule has 1 aromatic heterocycles. The van der Waals surface area contributed by atoms with Gasteiger partial charge in [0.2, 0.25) is 0 Å². The lowest BCUT2D eigenvalue weighted by molar-refractivity contribution is -0.122. The number of nitrogens with zero attached hydrogens (tertiary/aromatic N) is 4. The number of aromatic nitrogens is 1. The summed E-state index contributed by atoms with van der Waals surface area (Å²) in [5.74, 6) is 1.57. The smallest absolute Gasteiger partial charge is 0.270 e. The molecule has 2 aliphatic heterocycles. The van der Waals surface area contributed by atoms with Gasteiger partial charge in [0.1, 0.15) is 21.8 Å². The molecule has 6 nitrogen and oxygen atoms in total. The maximum Gasteiger partial charge on any atom is 0.270 e. The molecule has 0 aliphatic carbocycles. The molecule has 0 N–H and O–H groups in total. The number of carbonyl (C=O) groups excluding carboxylic acids is 1. The first-order chi connectivity index (χ1) is 17.7. The Hall–Kier alpha value is -2.89. The summed E-state index contributed by atoms with van der Waals surface area (Å²) in [5.41, 5.74) is 2.60. The standard InChI is InChI=1S/C29H34N4O2S2/c1-5-32-26(31-13-11-22(12-14-31)15-21-9-7-6-8-10-21)23(20(4)24(17-30)27(32)34)16-25-28(35)33(18-19(2)3)29(36)37-25/h6-10,16,19,22H,5,11-15,18H2,1-4H3/b25-16-. The van der Waals surface area contributed by atoms with E-state index in [0.29, 0.717) is 39.7 Å². The zero-order chi connectivity index (χ0) is 26.7. The Balaban J connectivity index is 1.71. The monoisotopic (exact) mass is 534 g/mol. The summed E-state index contributed by atoms with van der Waals surface area (Å²) in [6.07, 6.45) is 4.93. The molecule has 1 amide bonds. The molecule has 0 radical (unpaired) electrons. The summed E-state index contributed by atoms with van der Waals surface area (Å²) in [4.78, 5) is 31.0. The highest BCUT2D eigenvalue weighted by Crippen LogP contribution is 2.37. The molecule has 2 aromatic rings. The van der Waals surface area contributed by atoms with Gasteiger partial charge in [0.25, 0.3) is 11.5 Å². The number of amides is 1. The fourth-order valence-electron chi connectivity index (χ4n) is 5.23. The number of carbonyl (C=O) groups is 1. The fraction of sp³-hybridized carbons (Fsp3) is 0.448. The van der Waals surface area contributed by atoms with E-state index in [1.165, 1.54) is 17.3 Å². The molecule has 4 rings (SSSR count). The normalized spacial score (nSPS) is 17.8. The number of thioether (sulfide) groups is 1. The highest BCUT2D eigenvalue weighted by molar-refractivity contribution is 8.26. The van der Waals surface area contributed by atoms with Gasteiger partial charge >= 0.3 is 0 Å². The van der Waals surface area contributed by atoms with E-state index in [1.807, 2.05) is 26.0 Å². The molecule has 2 saturated heterocycles. The van der Waals surface area contributed by atoms with Crippen LogP contribution in [0, 0.1) is 30.1 Å². The second kappa shape index (κ2) is 11.7. The predicted octanol–water partition coefficient (Wildman–Crippen LogP) is 5.36. The molecule has 3 heterocycles. The van der Waals surface area contributed by atoms with Crippen molar-refractivity contribution in [1.29, 1.82) is 5.26 Å². The van der Waals surface area contributed by atoms with Gasteiger partial charge in [0.05, 0.1) is 4.91 Å². The second-order valence-corrected chi connectivity index (χ2v) is 11.9. The Kier molecular flexibility index (Phi) is 8.56. The highest BCUT2D eigenvalue weighted by atomic mass is 32.2. The van der Waals surface area contributed by atoms with Gasteiger partial charge < -0.3 is 4.90 Å². The van der Waals surface area contributed by atoms with Crippen molar-refractivity contribution >= 4 is 46.1 Å². The van der Waals surface area contributed by atoms with Crippen molar-refractivity contribution in [2.75, 3.05) is 24.5 Å². The zero-order valence-electron chi connectivity index (χ0n) is 22.0. The third-order valence-corrected chi connectivity index (χ3v) is 8.52. The molecular weight excluding hydrogens is 500 g/mol. The lowest BCUT2D eigenvalue weighted by atomic mass is 9.90. The van der Waals surface area contributed by atoms with E-state index in [1.54, 1.807) is 9.47 Å². The number of nitriles is 1. The van der Waals surface area contributed by atoms with E-state index in [4.69, 9.17) is 12.2 Å². The van der Waals surface area contributed by atoms with Crippen LogP contribution in [0.2, 0.25) is 0 Å². The van der Waals surface area contributed by atoms with E-state index >= 15 is 0 Å². The summed E-state index contributed by atoms with van der Waals surface area (Å²) in [5, 5.41) is 9.82. The molecule has 2 fully saturated rings. The van der Waals surface area contributed by atoms with Gasteiger partial charge in [-0.05, 0) is 62.1 Å². The predicted molar refractivity (Wildman–Crippen MR) is 156 cm³/mol. The largest absolute Gasteiger partial charge is 0.357 e. The quantitative estimate of drug-likeness (QED) is 0.352. The number of rotatable bonds is 7. The van der Waals surface area contributed by atoms with Crippen molar-refractivity contribution in [3.05, 3.63) is 67.8 Å². The number of piperidine rings is 1. The number of anilines is 1. The Bertz CT molecular complexity index is 1320. The highest BCUT2D eigenvalue weighted by Gasteiger charge is 2.34. The van der Waals surface area contributed by atoms with E-state index in [9.17, 15) is 14.9 Å². The minimum absolute atomic E-state index is 0.108. The third kappa shape index (κ3) is 5.68. The van der Waals surface area contributed by atoms with Crippen LogP contribution in [-0.2, 0) is 17.8 Å². The van der Waals surface area contributed by atoms with E-state index in [-0.39, 0.29) is 17.0 Å². The molecule has 37 heavy (non-hydrogen) atoms. The molecule has 1 aromatic carbocycles. The van der Waals surface area contributed by atoms with E-state index in [0.717, 1.165) is 43.7 Å². The molecule has 0 bridgehead atoms. The SMILES string of the molecule is CCn1c(N2CCC(Cc3ccccc3)CC2)c(/C=C2\SC(=S)N(CC(C)C)C2=O)c(C)c(C#N)c1=O. The minimum atomic E-state index is -0.270. The van der Waals surface area contributed by atoms with Gasteiger partial charge in [-0.25, -0.2) is 0 Å². The average Bonchev–Trinajstić information content (AvgIpc) is 3.14. The molecule has 8 heteroatoms. The Morgan fingerprint density at radius 3 is 2.46 bits per heavy atom. The van der Waals surface area contributed by atoms with E-state index < -0.39 is 0 Å². The van der Waals surface area contributed by atoms with Gasteiger partial charge in [-0.2, -0.15) is 5.26 Å². The molecular formula is C29H34N4O2S2. The molecule has 0 atom stereocenters. The topological polar surface area (TPSA) is 69.3 Å². The van der Waals surface area contributed by atoms with Crippen LogP contribution in [0.1, 0.15) is 55.9 Å². The summed E-state index contributed by atoms with van der Waals surface area (Å²) in [6.45, 7) is 10.5. The average molecular weight is 535 g/mol. The molecule has 0 spiro atoms. The first-order valence-corrected chi connectivity index (χ1v) is 14.2. The van der Waals surface area contributed by atoms with Crippen molar-refractivity contribution in [2.24, 2.45) is 11.8 Å². The number of pyridine rings is 1. The van der Waals surface area contributed by atoms with Crippen LogP contribution in [-0.4, -0.2) is 39.3 Å². The summed E-state index contributed by atoms with van der Waals surface area (Å²) in [6, 6.07) is 12.7. The van der Waals surface area contributed by atoms with Crippen molar-refractivity contribution in [2.45, 2.75) is 53.5 Å². The minimum Gasteiger partial charge on any atom is -0.357 e. The summed E-state index contributed by atoms with van der Waals surface area (Å²) in [7, 11) is 0. The second-order valence-electron chi connectivity index (χ2n) is 10.2. The van der Waals surface area contributed by atoms with Gasteiger partial charge in [0, 0.05) is 31.7 Å². The molecule has 194 valence electrons. The maximum absolute atomic E-state index is 13.3. The molecule has 0 unspecified atom stereocenters. The van der Waals surface area contributed by atoms with Crippen LogP contribution < -0.4 is 10.5 Å². The summed E-state index contributed by atoms with van der Waals surface area (Å²) >= 11 is 6.81. The molecule has 2 aliphatic rings. The van der Waals surface area contributed by atoms with E-state index in [2.05, 4.69) is 49.1 Å². The van der Waals surface area contributed by atoms with Crippen molar-refractivity contribution in [3.8, 4) is 6.07 Å². The van der Waals surface area contributed by atoms with Gasteiger partial charge in [-0.15, -0.1) is 0 Å². The van der Waals surface area contributed by atoms with Crippen molar-refractivity contribution in [1.82, 2.24) is 9.47 Å². The third-order valence-electron chi connectivity index (χ3n) is 7.14. The van der Waals surface area contributed by atoms with Gasteiger partial charge in [0.15, 0.2) is 0 Å². The van der Waals surface area contributed by atoms with Crippen LogP contribution >= 0.6 is 24.0 Å². The molecule has 0 saturated carbocycles. The van der Waals surface area contributed by atoms with Crippen LogP contribution in [0.15, 0.2) is 40.0 Å². The number of benzene rings is 1. The van der Waals surface area contributed by atoms with Gasteiger partial charge in [-0.1, -0.05) is 68.2 Å². The number of hydrogen-bond acceptors (Lipinski definition) is 6. The van der Waals surface area contributed by atoms with Crippen molar-refractivity contribution in [3.63, 3.8) is 0 Å². The van der Waals surface area contributed by atoms with Crippen LogP contribution in [0.5, 0.6) is 0 Å². The van der Waals surface area contributed by atoms with Crippen molar-refractivity contribution < 1.29 is 4.79 Å². The van der Waals surface area contributed by atoms with Gasteiger partial charge in [-0.3, -0.25) is 19.1 Å². The zero-order valence-corrected chi connectivity index (χ0v) is 23.6. The Morgan fingerprint density at radius 1 is 1.19 bits per heavy atom. The first kappa shape index (κ1) is 27.2. The Morgan fingerprint density at radius 2 is 1.86 bits per heavy atom. The first-order valence-electron chi connectivity index (χ1n) is 13.0. The van der Waals surface area contributed by atoms with Crippen LogP contribution in [0.25, 0.3) is 6.08 Å². The fourth-order valence-corrected chi connectivity index (χ4v) is 6.49.